The van der Waals surface area contributed by atoms with Gasteiger partial charge in [-0.3, -0.25) is 0 Å². The van der Waals surface area contributed by atoms with Crippen molar-refractivity contribution in [2.75, 3.05) is 6.54 Å². The van der Waals surface area contributed by atoms with E-state index in [0.29, 0.717) is 5.92 Å². The highest BCUT2D eigenvalue weighted by Crippen LogP contribution is 2.10. The van der Waals surface area contributed by atoms with Crippen LogP contribution >= 0.6 is 0 Å². The van der Waals surface area contributed by atoms with E-state index in [9.17, 15) is 0 Å². The number of nitrogens with two attached hydrogens (primary N) is 1. The van der Waals surface area contributed by atoms with Crippen molar-refractivity contribution in [1.82, 2.24) is 19.9 Å². The Hall–Kier alpha value is -1.49. The van der Waals surface area contributed by atoms with Gasteiger partial charge in [-0.05, 0) is 18.9 Å². The topological polar surface area (TPSA) is 80.5 Å². The zero-order valence-electron chi connectivity index (χ0n) is 8.77. The Balaban J connectivity index is 2.09. The number of hydrogen-bond donors (Lipinski definition) is 2. The number of nitrogens with zero attached hydrogens (tertiary/aromatic N) is 3. The maximum atomic E-state index is 5.56. The van der Waals surface area contributed by atoms with Crippen LogP contribution in [0.1, 0.15) is 19.2 Å². The lowest BCUT2D eigenvalue weighted by atomic mass is 10.1. The quantitative estimate of drug-likeness (QED) is 0.776. The van der Waals surface area contributed by atoms with Crippen molar-refractivity contribution in [3.05, 3.63) is 18.3 Å². The van der Waals surface area contributed by atoms with Gasteiger partial charge >= 0.3 is 0 Å². The van der Waals surface area contributed by atoms with Gasteiger partial charge in [-0.25, -0.2) is 15.0 Å². The molecule has 0 spiro atoms. The summed E-state index contributed by atoms with van der Waals surface area (Å²) in [4.78, 5) is 15.6. The van der Waals surface area contributed by atoms with E-state index < -0.39 is 0 Å². The largest absolute Gasteiger partial charge is 0.339 e. The zero-order chi connectivity index (χ0) is 10.7. The number of nitrogens with one attached hydrogen (secondary N) is 1. The molecule has 0 saturated heterocycles. The maximum absolute atomic E-state index is 5.56. The molecule has 0 amide bonds. The molecule has 0 saturated carbocycles. The van der Waals surface area contributed by atoms with Crippen molar-refractivity contribution < 1.29 is 0 Å². The molecule has 0 fully saturated rings. The van der Waals surface area contributed by atoms with Crippen LogP contribution in [0.25, 0.3) is 11.2 Å². The van der Waals surface area contributed by atoms with Gasteiger partial charge in [-0.1, -0.05) is 6.92 Å². The predicted octanol–water partition coefficient (Wildman–Crippen LogP) is 0.880. The molecule has 0 aliphatic heterocycles. The highest BCUT2D eigenvalue weighted by molar-refractivity contribution is 5.68. The molecular weight excluding hydrogens is 190 g/mol. The van der Waals surface area contributed by atoms with E-state index in [4.69, 9.17) is 5.73 Å². The Bertz CT molecular complexity index is 403. The fraction of sp³-hybridized carbons (Fsp3) is 0.500. The van der Waals surface area contributed by atoms with Crippen molar-refractivity contribution >= 4 is 11.2 Å². The van der Waals surface area contributed by atoms with E-state index in [-0.39, 0.29) is 0 Å². The lowest BCUT2D eigenvalue weighted by molar-refractivity contribution is 0.538. The summed E-state index contributed by atoms with van der Waals surface area (Å²) < 4.78 is 0. The van der Waals surface area contributed by atoms with Crippen LogP contribution in [0.2, 0.25) is 0 Å². The first kappa shape index (κ1) is 10.0. The van der Waals surface area contributed by atoms with Gasteiger partial charge in [0.15, 0.2) is 5.65 Å². The number of hydrogen-bond acceptors (Lipinski definition) is 4. The van der Waals surface area contributed by atoms with Gasteiger partial charge in [0.05, 0.1) is 6.20 Å². The standard InChI is InChI=1S/C10H15N5/c1-7(4-11)2-3-9-14-8-5-12-6-13-10(8)15-9/h5-7H,2-4,11H2,1H3,(H,12,13,14,15). The summed E-state index contributed by atoms with van der Waals surface area (Å²) >= 11 is 0. The van der Waals surface area contributed by atoms with E-state index in [0.717, 1.165) is 36.4 Å². The third-order valence-corrected chi connectivity index (χ3v) is 2.49. The van der Waals surface area contributed by atoms with Gasteiger partial charge in [0.1, 0.15) is 17.7 Å². The number of aromatic amines is 1. The average molecular weight is 205 g/mol. The first-order valence-corrected chi connectivity index (χ1v) is 5.14. The minimum absolute atomic E-state index is 0.532. The molecule has 2 aromatic heterocycles. The number of aryl methyl sites for hydroxylation is 1. The van der Waals surface area contributed by atoms with E-state index in [1.54, 1.807) is 6.20 Å². The minimum atomic E-state index is 0.532. The van der Waals surface area contributed by atoms with Crippen molar-refractivity contribution in [3.8, 4) is 0 Å². The fourth-order valence-corrected chi connectivity index (χ4v) is 1.43. The Labute approximate surface area is 88.1 Å². The Morgan fingerprint density at radius 1 is 1.53 bits per heavy atom. The maximum Gasteiger partial charge on any atom is 0.180 e. The lowest BCUT2D eigenvalue weighted by Crippen LogP contribution is -2.11. The van der Waals surface area contributed by atoms with E-state index in [2.05, 4.69) is 26.9 Å². The number of aromatic nitrogens is 4. The van der Waals surface area contributed by atoms with Gasteiger partial charge in [-0.15, -0.1) is 0 Å². The van der Waals surface area contributed by atoms with Crippen LogP contribution in [0, 0.1) is 5.92 Å². The summed E-state index contributed by atoms with van der Waals surface area (Å²) in [5, 5.41) is 0. The van der Waals surface area contributed by atoms with Gasteiger partial charge in [0.2, 0.25) is 0 Å². The molecule has 0 aliphatic carbocycles. The molecule has 0 aliphatic rings. The van der Waals surface area contributed by atoms with Gasteiger partial charge in [0.25, 0.3) is 0 Å². The summed E-state index contributed by atoms with van der Waals surface area (Å²) in [6.07, 6.45) is 5.21. The highest BCUT2D eigenvalue weighted by Gasteiger charge is 2.05. The molecule has 1 atom stereocenters. The van der Waals surface area contributed by atoms with E-state index >= 15 is 0 Å². The second-order valence-corrected chi connectivity index (χ2v) is 3.82. The molecule has 0 bridgehead atoms. The van der Waals surface area contributed by atoms with Crippen LogP contribution in [0.3, 0.4) is 0 Å². The van der Waals surface area contributed by atoms with Crippen LogP contribution in [0.5, 0.6) is 0 Å². The van der Waals surface area contributed by atoms with Crippen molar-refractivity contribution in [1.29, 1.82) is 0 Å². The second kappa shape index (κ2) is 4.35. The van der Waals surface area contributed by atoms with Gasteiger partial charge < -0.3 is 10.7 Å². The smallest absolute Gasteiger partial charge is 0.180 e. The highest BCUT2D eigenvalue weighted by atomic mass is 15.0. The molecule has 2 rings (SSSR count). The first-order chi connectivity index (χ1) is 7.29. The number of imidazole rings is 1. The lowest BCUT2D eigenvalue weighted by Gasteiger charge is -2.04. The second-order valence-electron chi connectivity index (χ2n) is 3.82. The molecule has 3 N–H and O–H groups in total. The average Bonchev–Trinajstić information content (AvgIpc) is 2.68. The summed E-state index contributed by atoms with van der Waals surface area (Å²) in [6.45, 7) is 2.86. The third-order valence-electron chi connectivity index (χ3n) is 2.49. The Kier molecular flexibility index (Phi) is 2.91. The molecular formula is C10H15N5. The van der Waals surface area contributed by atoms with Crippen molar-refractivity contribution in [2.45, 2.75) is 19.8 Å². The molecule has 15 heavy (non-hydrogen) atoms. The zero-order valence-corrected chi connectivity index (χ0v) is 8.77. The molecule has 1 unspecified atom stereocenters. The van der Waals surface area contributed by atoms with Crippen LogP contribution in [-0.4, -0.2) is 26.5 Å². The fourth-order valence-electron chi connectivity index (χ4n) is 1.43. The molecule has 80 valence electrons. The molecule has 5 heteroatoms. The summed E-state index contributed by atoms with van der Waals surface area (Å²) in [6, 6.07) is 0. The molecule has 2 heterocycles. The number of fused-ring (bicyclic) bond motifs is 1. The number of rotatable bonds is 4. The summed E-state index contributed by atoms with van der Waals surface area (Å²) in [5.74, 6) is 1.50. The predicted molar refractivity (Wildman–Crippen MR) is 58.2 cm³/mol. The Morgan fingerprint density at radius 2 is 2.40 bits per heavy atom. The van der Waals surface area contributed by atoms with E-state index in [1.807, 2.05) is 0 Å². The van der Waals surface area contributed by atoms with E-state index in [1.165, 1.54) is 6.33 Å². The van der Waals surface area contributed by atoms with Crippen LogP contribution in [-0.2, 0) is 6.42 Å². The summed E-state index contributed by atoms with van der Waals surface area (Å²) in [7, 11) is 0. The van der Waals surface area contributed by atoms with Crippen LogP contribution < -0.4 is 5.73 Å². The third kappa shape index (κ3) is 2.30. The van der Waals surface area contributed by atoms with Gasteiger partial charge in [0, 0.05) is 6.42 Å². The SMILES string of the molecule is CC(CN)CCc1nc2ncncc2[nH]1. The molecule has 2 aromatic rings. The normalized spacial score (nSPS) is 13.2. The monoisotopic (exact) mass is 205 g/mol. The molecule has 0 radical (unpaired) electrons. The van der Waals surface area contributed by atoms with Crippen molar-refractivity contribution in [3.63, 3.8) is 0 Å². The Morgan fingerprint density at radius 3 is 3.13 bits per heavy atom. The van der Waals surface area contributed by atoms with Gasteiger partial charge in [-0.2, -0.15) is 0 Å². The molecule has 0 aromatic carbocycles. The van der Waals surface area contributed by atoms with Crippen LogP contribution in [0.4, 0.5) is 0 Å². The summed E-state index contributed by atoms with van der Waals surface area (Å²) in [5.41, 5.74) is 7.19. The molecule has 5 nitrogen and oxygen atoms in total. The van der Waals surface area contributed by atoms with Crippen LogP contribution in [0.15, 0.2) is 12.5 Å². The number of H-pyrrole nitrogens is 1. The minimum Gasteiger partial charge on any atom is -0.339 e. The first-order valence-electron chi connectivity index (χ1n) is 5.14. The van der Waals surface area contributed by atoms with Crippen molar-refractivity contribution in [2.24, 2.45) is 11.7 Å².